The molecule has 1 aromatic carbocycles. The molecular formula is C19H26F2N2O3. The van der Waals surface area contributed by atoms with Crippen LogP contribution in [0.2, 0.25) is 0 Å². The molecule has 2 unspecified atom stereocenters. The van der Waals surface area contributed by atoms with Gasteiger partial charge in [0.1, 0.15) is 17.2 Å². The van der Waals surface area contributed by atoms with E-state index in [9.17, 15) is 18.4 Å². The Balaban J connectivity index is 1.97. The van der Waals surface area contributed by atoms with Crippen LogP contribution in [0.5, 0.6) is 0 Å². The van der Waals surface area contributed by atoms with Crippen LogP contribution >= 0.6 is 0 Å². The molecule has 26 heavy (non-hydrogen) atoms. The molecule has 2 atom stereocenters. The molecule has 2 amide bonds. The Morgan fingerprint density at radius 2 is 2.00 bits per heavy atom. The second-order valence-corrected chi connectivity index (χ2v) is 7.66. The minimum absolute atomic E-state index is 0.222. The number of nitrogens with one attached hydrogen (secondary N) is 1. The summed E-state index contributed by atoms with van der Waals surface area (Å²) in [5.41, 5.74) is -0.375. The molecule has 0 aromatic heterocycles. The van der Waals surface area contributed by atoms with Crippen LogP contribution < -0.4 is 5.32 Å². The van der Waals surface area contributed by atoms with Crippen LogP contribution in [0.4, 0.5) is 13.6 Å². The maximum absolute atomic E-state index is 13.9. The van der Waals surface area contributed by atoms with Gasteiger partial charge in [-0.15, -0.1) is 0 Å². The molecule has 0 radical (unpaired) electrons. The minimum atomic E-state index is -0.697. The molecule has 1 aromatic rings. The molecule has 1 aliphatic heterocycles. The predicted octanol–water partition coefficient (Wildman–Crippen LogP) is 3.79. The zero-order chi connectivity index (χ0) is 19.5. The maximum atomic E-state index is 13.9. The predicted molar refractivity (Wildman–Crippen MR) is 93.4 cm³/mol. The minimum Gasteiger partial charge on any atom is -0.444 e. The zero-order valence-electron chi connectivity index (χ0n) is 15.6. The molecule has 144 valence electrons. The van der Waals surface area contributed by atoms with Crippen molar-refractivity contribution in [2.24, 2.45) is 5.92 Å². The highest BCUT2D eigenvalue weighted by Crippen LogP contribution is 2.22. The van der Waals surface area contributed by atoms with Gasteiger partial charge >= 0.3 is 6.09 Å². The van der Waals surface area contributed by atoms with Crippen LogP contribution in [-0.4, -0.2) is 35.6 Å². The quantitative estimate of drug-likeness (QED) is 0.883. The van der Waals surface area contributed by atoms with Gasteiger partial charge in [-0.3, -0.25) is 4.79 Å². The average Bonchev–Trinajstić information content (AvgIpc) is 2.53. The average molecular weight is 368 g/mol. The van der Waals surface area contributed by atoms with E-state index in [0.717, 1.165) is 12.1 Å². The van der Waals surface area contributed by atoms with E-state index in [1.54, 1.807) is 27.7 Å². The first-order chi connectivity index (χ1) is 12.1. The number of rotatable bonds is 3. The summed E-state index contributed by atoms with van der Waals surface area (Å²) in [6.07, 6.45) is 0.896. The number of hydrogen-bond acceptors (Lipinski definition) is 3. The maximum Gasteiger partial charge on any atom is 0.410 e. The lowest BCUT2D eigenvalue weighted by Gasteiger charge is -2.34. The van der Waals surface area contributed by atoms with E-state index in [4.69, 9.17) is 4.74 Å². The lowest BCUT2D eigenvalue weighted by atomic mass is 9.96. The first kappa shape index (κ1) is 20.1. The number of halogens is 2. The van der Waals surface area contributed by atoms with Crippen molar-refractivity contribution in [3.8, 4) is 0 Å². The second-order valence-electron chi connectivity index (χ2n) is 7.66. The highest BCUT2D eigenvalue weighted by molar-refractivity contribution is 5.80. The lowest BCUT2D eigenvalue weighted by molar-refractivity contribution is -0.127. The van der Waals surface area contributed by atoms with Gasteiger partial charge < -0.3 is 15.0 Å². The van der Waals surface area contributed by atoms with E-state index in [2.05, 4.69) is 5.32 Å². The number of carbonyl (C=O) groups excluding carboxylic acids is 2. The molecule has 1 fully saturated rings. The normalized spacial score (nSPS) is 19.0. The third-order valence-electron chi connectivity index (χ3n) is 4.23. The topological polar surface area (TPSA) is 58.6 Å². The Morgan fingerprint density at radius 3 is 2.62 bits per heavy atom. The molecule has 2 rings (SSSR count). The van der Waals surface area contributed by atoms with Crippen LogP contribution in [0.1, 0.15) is 52.1 Å². The van der Waals surface area contributed by atoms with Gasteiger partial charge in [0.15, 0.2) is 0 Å². The Hall–Kier alpha value is -2.18. The molecule has 7 heteroatoms. The standard InChI is InChI=1S/C19H26F2N2O3/c1-12(15-8-7-14(20)10-16(15)21)22-17(24)13-6-5-9-23(11-13)18(25)26-19(2,3)4/h7-8,10,12-13H,5-6,9,11H2,1-4H3,(H,22,24). The number of benzene rings is 1. The van der Waals surface area contributed by atoms with E-state index >= 15 is 0 Å². The summed E-state index contributed by atoms with van der Waals surface area (Å²) in [6, 6.07) is 2.68. The summed E-state index contributed by atoms with van der Waals surface area (Å²) in [5.74, 6) is -2.00. The fraction of sp³-hybridized carbons (Fsp3) is 0.579. The van der Waals surface area contributed by atoms with Crippen molar-refractivity contribution >= 4 is 12.0 Å². The van der Waals surface area contributed by atoms with Crippen molar-refractivity contribution < 1.29 is 23.1 Å². The molecule has 0 bridgehead atoms. The fourth-order valence-electron chi connectivity index (χ4n) is 2.95. The smallest absolute Gasteiger partial charge is 0.410 e. The molecule has 0 aliphatic carbocycles. The Kier molecular flexibility index (Phi) is 6.21. The first-order valence-electron chi connectivity index (χ1n) is 8.80. The summed E-state index contributed by atoms with van der Waals surface area (Å²) < 4.78 is 32.2. The number of amides is 2. The van der Waals surface area contributed by atoms with Crippen LogP contribution in [0, 0.1) is 17.6 Å². The molecular weight excluding hydrogens is 342 g/mol. The summed E-state index contributed by atoms with van der Waals surface area (Å²) in [7, 11) is 0. The molecule has 5 nitrogen and oxygen atoms in total. The molecule has 1 heterocycles. The van der Waals surface area contributed by atoms with Crippen molar-refractivity contribution in [3.63, 3.8) is 0 Å². The molecule has 0 saturated carbocycles. The Bertz CT molecular complexity index is 673. The van der Waals surface area contributed by atoms with Gasteiger partial charge in [0, 0.05) is 24.7 Å². The number of piperidine rings is 1. The molecule has 0 spiro atoms. The molecule has 1 aliphatic rings. The molecule has 1 N–H and O–H groups in total. The van der Waals surface area contributed by atoms with E-state index in [1.807, 2.05) is 0 Å². The number of carbonyl (C=O) groups is 2. The first-order valence-corrected chi connectivity index (χ1v) is 8.80. The Labute approximate surface area is 152 Å². The van der Waals surface area contributed by atoms with Crippen molar-refractivity contribution in [1.82, 2.24) is 10.2 Å². The number of likely N-dealkylation sites (tertiary alicyclic amines) is 1. The summed E-state index contributed by atoms with van der Waals surface area (Å²) in [5, 5.41) is 2.75. The van der Waals surface area contributed by atoms with E-state index < -0.39 is 29.4 Å². The van der Waals surface area contributed by atoms with Gasteiger partial charge in [-0.2, -0.15) is 0 Å². The van der Waals surface area contributed by atoms with Gasteiger partial charge in [0.25, 0.3) is 0 Å². The van der Waals surface area contributed by atoms with Crippen LogP contribution in [0.25, 0.3) is 0 Å². The monoisotopic (exact) mass is 368 g/mol. The highest BCUT2D eigenvalue weighted by atomic mass is 19.1. The summed E-state index contributed by atoms with van der Waals surface area (Å²) in [4.78, 5) is 26.2. The number of ether oxygens (including phenoxy) is 1. The van der Waals surface area contributed by atoms with Gasteiger partial charge in [-0.1, -0.05) is 6.07 Å². The van der Waals surface area contributed by atoms with E-state index in [0.29, 0.717) is 19.4 Å². The zero-order valence-corrected chi connectivity index (χ0v) is 15.6. The third kappa shape index (κ3) is 5.41. The lowest BCUT2D eigenvalue weighted by Crippen LogP contribution is -2.47. The van der Waals surface area contributed by atoms with Crippen LogP contribution in [0.3, 0.4) is 0 Å². The largest absolute Gasteiger partial charge is 0.444 e. The molecule has 1 saturated heterocycles. The van der Waals surface area contributed by atoms with Gasteiger partial charge in [-0.25, -0.2) is 13.6 Å². The summed E-state index contributed by atoms with van der Waals surface area (Å²) >= 11 is 0. The van der Waals surface area contributed by atoms with Crippen LogP contribution in [0.15, 0.2) is 18.2 Å². The fourth-order valence-corrected chi connectivity index (χ4v) is 2.95. The van der Waals surface area contributed by atoms with Crippen molar-refractivity contribution in [3.05, 3.63) is 35.4 Å². The van der Waals surface area contributed by atoms with Crippen molar-refractivity contribution in [2.45, 2.75) is 52.2 Å². The summed E-state index contributed by atoms with van der Waals surface area (Å²) in [6.45, 7) is 7.82. The highest BCUT2D eigenvalue weighted by Gasteiger charge is 2.31. The van der Waals surface area contributed by atoms with Gasteiger partial charge in [0.05, 0.1) is 12.0 Å². The van der Waals surface area contributed by atoms with Gasteiger partial charge in [-0.05, 0) is 46.6 Å². The number of nitrogens with zero attached hydrogens (tertiary/aromatic N) is 1. The van der Waals surface area contributed by atoms with Crippen molar-refractivity contribution in [1.29, 1.82) is 0 Å². The van der Waals surface area contributed by atoms with Crippen molar-refractivity contribution in [2.75, 3.05) is 13.1 Å². The van der Waals surface area contributed by atoms with E-state index in [1.165, 1.54) is 11.0 Å². The number of hydrogen-bond donors (Lipinski definition) is 1. The second kappa shape index (κ2) is 8.01. The van der Waals surface area contributed by atoms with E-state index in [-0.39, 0.29) is 23.9 Å². The SMILES string of the molecule is CC(NC(=O)C1CCCN(C(=O)OC(C)(C)C)C1)c1ccc(F)cc1F. The third-order valence-corrected chi connectivity index (χ3v) is 4.23. The Morgan fingerprint density at radius 1 is 1.31 bits per heavy atom. The van der Waals surface area contributed by atoms with Crippen LogP contribution in [-0.2, 0) is 9.53 Å². The van der Waals surface area contributed by atoms with Gasteiger partial charge in [0.2, 0.25) is 5.91 Å².